The first-order chi connectivity index (χ1) is 19.9. The van der Waals surface area contributed by atoms with Crippen molar-refractivity contribution in [3.8, 4) is 5.75 Å². The Kier molecular flexibility index (Phi) is 9.61. The molecule has 5 rings (SSSR count). The molecule has 220 valence electrons. The molecular formula is C30H40ClN7O3. The highest BCUT2D eigenvalue weighted by Gasteiger charge is 2.31. The third kappa shape index (κ3) is 7.29. The van der Waals surface area contributed by atoms with Crippen molar-refractivity contribution in [2.45, 2.75) is 64.1 Å². The van der Waals surface area contributed by atoms with Crippen LogP contribution < -0.4 is 10.1 Å². The summed E-state index contributed by atoms with van der Waals surface area (Å²) in [5.41, 5.74) is 3.59. The molecule has 0 radical (unpaired) electrons. The molecule has 1 unspecified atom stereocenters. The zero-order chi connectivity index (χ0) is 28.8. The van der Waals surface area contributed by atoms with Gasteiger partial charge in [0.15, 0.2) is 5.69 Å². The number of likely N-dealkylation sites (N-methyl/N-ethyl adjacent to an activating group) is 1. The van der Waals surface area contributed by atoms with Gasteiger partial charge in [0, 0.05) is 87.0 Å². The number of aromatic nitrogens is 4. The summed E-state index contributed by atoms with van der Waals surface area (Å²) in [6.45, 7) is 4.14. The fourth-order valence-corrected chi connectivity index (χ4v) is 6.07. The average Bonchev–Trinajstić information content (AvgIpc) is 3.60. The molecule has 2 bridgehead atoms. The van der Waals surface area contributed by atoms with Gasteiger partial charge in [-0.1, -0.05) is 11.6 Å². The SMILES string of the molecule is CN1C(=O)CCCN(Cc2cc(Cl)ccc2OCCCn2ccnc2)CCCNC(=O)c2nn(C)c3c2CC1CC3. The number of fused-ring (bicyclic) bond motifs is 1. The predicted molar refractivity (Wildman–Crippen MR) is 157 cm³/mol. The van der Waals surface area contributed by atoms with Gasteiger partial charge in [0.25, 0.3) is 5.91 Å². The van der Waals surface area contributed by atoms with E-state index in [-0.39, 0.29) is 17.9 Å². The number of nitrogens with one attached hydrogen (secondary N) is 1. The van der Waals surface area contributed by atoms with Crippen molar-refractivity contribution in [2.75, 3.05) is 33.3 Å². The maximum Gasteiger partial charge on any atom is 0.272 e. The summed E-state index contributed by atoms with van der Waals surface area (Å²) >= 11 is 6.39. The van der Waals surface area contributed by atoms with Gasteiger partial charge in [0.05, 0.1) is 12.9 Å². The van der Waals surface area contributed by atoms with Crippen molar-refractivity contribution in [1.29, 1.82) is 0 Å². The highest BCUT2D eigenvalue weighted by atomic mass is 35.5. The van der Waals surface area contributed by atoms with Gasteiger partial charge in [-0.25, -0.2) is 4.98 Å². The van der Waals surface area contributed by atoms with Crippen LogP contribution >= 0.6 is 11.6 Å². The Bertz CT molecular complexity index is 1340. The maximum absolute atomic E-state index is 13.2. The van der Waals surface area contributed by atoms with E-state index in [0.717, 1.165) is 74.3 Å². The number of carbonyl (C=O) groups excluding carboxylic acids is 2. The normalized spacial score (nSPS) is 19.0. The predicted octanol–water partition coefficient (Wildman–Crippen LogP) is 3.47. The third-order valence-corrected chi connectivity index (χ3v) is 8.42. The van der Waals surface area contributed by atoms with Crippen LogP contribution in [0.25, 0.3) is 0 Å². The van der Waals surface area contributed by atoms with E-state index in [1.807, 2.05) is 52.6 Å². The number of nitrogens with zero attached hydrogens (tertiary/aromatic N) is 6. The van der Waals surface area contributed by atoms with Gasteiger partial charge in [0.2, 0.25) is 5.91 Å². The van der Waals surface area contributed by atoms with E-state index >= 15 is 0 Å². The molecule has 0 saturated carbocycles. The van der Waals surface area contributed by atoms with E-state index in [0.29, 0.717) is 43.3 Å². The molecule has 10 nitrogen and oxygen atoms in total. The number of rotatable bonds is 7. The largest absolute Gasteiger partial charge is 0.493 e. The highest BCUT2D eigenvalue weighted by molar-refractivity contribution is 6.30. The summed E-state index contributed by atoms with van der Waals surface area (Å²) in [7, 11) is 3.79. The van der Waals surface area contributed by atoms with Crippen LogP contribution in [0.5, 0.6) is 5.75 Å². The number of amides is 2. The Morgan fingerprint density at radius 1 is 1.15 bits per heavy atom. The summed E-state index contributed by atoms with van der Waals surface area (Å²) < 4.78 is 10.0. The lowest BCUT2D eigenvalue weighted by Crippen LogP contribution is -2.41. The molecule has 1 aromatic carbocycles. The first kappa shape index (κ1) is 29.1. The molecule has 1 atom stereocenters. The lowest BCUT2D eigenvalue weighted by Gasteiger charge is -2.32. The van der Waals surface area contributed by atoms with Crippen molar-refractivity contribution in [3.05, 3.63) is 64.5 Å². The molecule has 3 heterocycles. The fraction of sp³-hybridized carbons (Fsp3) is 0.533. The van der Waals surface area contributed by atoms with Crippen molar-refractivity contribution in [1.82, 2.24) is 34.4 Å². The molecule has 0 fully saturated rings. The molecule has 2 amide bonds. The summed E-state index contributed by atoms with van der Waals surface area (Å²) in [6.07, 6.45) is 10.8. The minimum absolute atomic E-state index is 0.0759. The molecule has 1 aliphatic carbocycles. The number of hydrogen-bond acceptors (Lipinski definition) is 6. The molecule has 3 aromatic rings. The van der Waals surface area contributed by atoms with Crippen LogP contribution in [-0.4, -0.2) is 80.3 Å². The van der Waals surface area contributed by atoms with Crippen LogP contribution in [0.3, 0.4) is 0 Å². The van der Waals surface area contributed by atoms with Gasteiger partial charge >= 0.3 is 0 Å². The van der Waals surface area contributed by atoms with Crippen LogP contribution in [0.2, 0.25) is 5.02 Å². The van der Waals surface area contributed by atoms with Crippen molar-refractivity contribution >= 4 is 23.4 Å². The second kappa shape index (κ2) is 13.5. The Morgan fingerprint density at radius 3 is 2.83 bits per heavy atom. The summed E-state index contributed by atoms with van der Waals surface area (Å²) in [4.78, 5) is 34.6. The monoisotopic (exact) mass is 581 g/mol. The molecule has 2 aromatic heterocycles. The molecule has 2 aliphatic rings. The summed E-state index contributed by atoms with van der Waals surface area (Å²) in [5.74, 6) is 0.826. The molecule has 41 heavy (non-hydrogen) atoms. The van der Waals surface area contributed by atoms with Gasteiger partial charge < -0.3 is 19.5 Å². The number of ether oxygens (including phenoxy) is 1. The number of benzene rings is 1. The van der Waals surface area contributed by atoms with Gasteiger partial charge in [-0.05, 0) is 63.3 Å². The Labute approximate surface area is 246 Å². The highest BCUT2D eigenvalue weighted by Crippen LogP contribution is 2.28. The second-order valence-corrected chi connectivity index (χ2v) is 11.5. The summed E-state index contributed by atoms with van der Waals surface area (Å²) in [6, 6.07) is 5.82. The van der Waals surface area contributed by atoms with E-state index in [9.17, 15) is 9.59 Å². The zero-order valence-electron chi connectivity index (χ0n) is 24.0. The topological polar surface area (TPSA) is 97.5 Å². The molecule has 0 saturated heterocycles. The van der Waals surface area contributed by atoms with E-state index < -0.39 is 0 Å². The molecule has 1 aliphatic heterocycles. The first-order valence-electron chi connectivity index (χ1n) is 14.6. The van der Waals surface area contributed by atoms with Crippen molar-refractivity contribution in [2.24, 2.45) is 7.05 Å². The minimum Gasteiger partial charge on any atom is -0.493 e. The molecular weight excluding hydrogens is 542 g/mol. The maximum atomic E-state index is 13.2. The lowest BCUT2D eigenvalue weighted by molar-refractivity contribution is -0.132. The third-order valence-electron chi connectivity index (χ3n) is 8.18. The van der Waals surface area contributed by atoms with E-state index in [1.54, 1.807) is 12.5 Å². The number of hydrogen-bond donors (Lipinski definition) is 1. The lowest BCUT2D eigenvalue weighted by atomic mass is 9.90. The Hall–Kier alpha value is -3.37. The van der Waals surface area contributed by atoms with E-state index in [4.69, 9.17) is 16.3 Å². The summed E-state index contributed by atoms with van der Waals surface area (Å²) in [5, 5.41) is 8.30. The average molecular weight is 582 g/mol. The zero-order valence-corrected chi connectivity index (χ0v) is 24.8. The fourth-order valence-electron chi connectivity index (χ4n) is 5.88. The number of imidazole rings is 1. The van der Waals surface area contributed by atoms with Crippen LogP contribution in [0.4, 0.5) is 0 Å². The van der Waals surface area contributed by atoms with Crippen LogP contribution in [0.15, 0.2) is 36.9 Å². The van der Waals surface area contributed by atoms with E-state index in [1.165, 1.54) is 0 Å². The van der Waals surface area contributed by atoms with Crippen molar-refractivity contribution in [3.63, 3.8) is 0 Å². The number of halogens is 1. The van der Waals surface area contributed by atoms with Crippen LogP contribution in [0, 0.1) is 0 Å². The Morgan fingerprint density at radius 2 is 2.00 bits per heavy atom. The molecule has 1 N–H and O–H groups in total. The standard InChI is InChI=1S/C30H40ClN7O3/c1-35-24-8-9-26-25(19-24)29(34-36(26)2)30(40)33-11-4-14-37(13-3-6-28(35)39)20-22-18-23(31)7-10-27(22)41-17-5-15-38-16-12-32-21-38/h7,10,12,16,18,21,24H,3-6,8-9,11,13-15,17,19-20H2,1-2H3,(H,33,40). The smallest absolute Gasteiger partial charge is 0.272 e. The minimum atomic E-state index is -0.140. The molecule has 11 heteroatoms. The second-order valence-electron chi connectivity index (χ2n) is 11.0. The van der Waals surface area contributed by atoms with Crippen molar-refractivity contribution < 1.29 is 14.3 Å². The first-order valence-corrected chi connectivity index (χ1v) is 14.9. The van der Waals surface area contributed by atoms with Gasteiger partial charge in [-0.2, -0.15) is 5.10 Å². The van der Waals surface area contributed by atoms with Crippen LogP contribution in [0.1, 0.15) is 59.4 Å². The number of aryl methyl sites for hydroxylation is 2. The van der Waals surface area contributed by atoms with Gasteiger partial charge in [-0.15, -0.1) is 0 Å². The van der Waals surface area contributed by atoms with Gasteiger partial charge in [-0.3, -0.25) is 19.2 Å². The number of carbonyl (C=O) groups is 2. The van der Waals surface area contributed by atoms with E-state index in [2.05, 4.69) is 20.3 Å². The Balaban J connectivity index is 1.26. The van der Waals surface area contributed by atoms with Gasteiger partial charge in [0.1, 0.15) is 5.75 Å². The molecule has 0 spiro atoms. The quantitative estimate of drug-likeness (QED) is 0.429. The van der Waals surface area contributed by atoms with Crippen LogP contribution in [-0.2, 0) is 37.8 Å².